The monoisotopic (exact) mass is 333 g/mol. The molecule has 7 nitrogen and oxygen atoms in total. The van der Waals surface area contributed by atoms with Gasteiger partial charge >= 0.3 is 0 Å². The molecule has 124 valence electrons. The SMILES string of the molecule is CNc1nc(/C(N)=C2/NC(C)=CS2)nc(N2CCC(C)CC2)n1. The fraction of sp³-hybridized carbons (Fsp3) is 0.533. The van der Waals surface area contributed by atoms with Crippen LogP contribution < -0.4 is 21.3 Å². The van der Waals surface area contributed by atoms with Gasteiger partial charge in [-0.25, -0.2) is 0 Å². The summed E-state index contributed by atoms with van der Waals surface area (Å²) in [5.41, 5.74) is 7.89. The molecule has 0 unspecified atom stereocenters. The number of nitrogens with zero attached hydrogens (tertiary/aromatic N) is 4. The molecular weight excluding hydrogens is 310 g/mol. The summed E-state index contributed by atoms with van der Waals surface area (Å²) >= 11 is 1.56. The zero-order valence-electron chi connectivity index (χ0n) is 13.8. The maximum Gasteiger partial charge on any atom is 0.230 e. The maximum absolute atomic E-state index is 6.27. The summed E-state index contributed by atoms with van der Waals surface area (Å²) in [6.07, 6.45) is 2.32. The van der Waals surface area contributed by atoms with Gasteiger partial charge in [-0.05, 0) is 31.1 Å². The van der Waals surface area contributed by atoms with Crippen LogP contribution in [0.15, 0.2) is 16.1 Å². The van der Waals surface area contributed by atoms with Crippen LogP contribution in [0.1, 0.15) is 32.5 Å². The Kier molecular flexibility index (Phi) is 4.61. The normalized spacial score (nSPS) is 21.0. The van der Waals surface area contributed by atoms with Gasteiger partial charge in [0.25, 0.3) is 0 Å². The van der Waals surface area contributed by atoms with Crippen molar-refractivity contribution in [1.29, 1.82) is 0 Å². The van der Waals surface area contributed by atoms with E-state index in [4.69, 9.17) is 5.73 Å². The van der Waals surface area contributed by atoms with Gasteiger partial charge in [0, 0.05) is 25.8 Å². The highest BCUT2D eigenvalue weighted by Crippen LogP contribution is 2.29. The van der Waals surface area contributed by atoms with E-state index in [1.54, 1.807) is 18.8 Å². The van der Waals surface area contributed by atoms with Crippen LogP contribution in [0, 0.1) is 5.92 Å². The topological polar surface area (TPSA) is 92.0 Å². The summed E-state index contributed by atoms with van der Waals surface area (Å²) in [7, 11) is 1.80. The third-order valence-electron chi connectivity index (χ3n) is 4.06. The van der Waals surface area contributed by atoms with E-state index in [1.165, 1.54) is 0 Å². The molecule has 1 fully saturated rings. The second-order valence-corrected chi connectivity index (χ2v) is 6.87. The predicted molar refractivity (Wildman–Crippen MR) is 95.6 cm³/mol. The van der Waals surface area contributed by atoms with Gasteiger partial charge < -0.3 is 21.3 Å². The van der Waals surface area contributed by atoms with E-state index >= 15 is 0 Å². The first-order valence-electron chi connectivity index (χ1n) is 7.86. The molecule has 0 aliphatic carbocycles. The minimum Gasteiger partial charge on any atom is -0.394 e. The van der Waals surface area contributed by atoms with Crippen LogP contribution in [-0.2, 0) is 0 Å². The number of aromatic nitrogens is 3. The van der Waals surface area contributed by atoms with Crippen molar-refractivity contribution >= 4 is 29.4 Å². The number of nitrogens with one attached hydrogen (secondary N) is 2. The van der Waals surface area contributed by atoms with Gasteiger partial charge in [0.15, 0.2) is 5.82 Å². The van der Waals surface area contributed by atoms with E-state index in [0.29, 0.717) is 23.4 Å². The molecule has 2 aliphatic rings. The van der Waals surface area contributed by atoms with Crippen molar-refractivity contribution in [3.8, 4) is 0 Å². The van der Waals surface area contributed by atoms with Gasteiger partial charge in [-0.15, -0.1) is 0 Å². The Morgan fingerprint density at radius 1 is 1.35 bits per heavy atom. The summed E-state index contributed by atoms with van der Waals surface area (Å²) in [6.45, 7) is 6.23. The summed E-state index contributed by atoms with van der Waals surface area (Å²) in [6, 6.07) is 0. The van der Waals surface area contributed by atoms with Gasteiger partial charge in [-0.3, -0.25) is 0 Å². The van der Waals surface area contributed by atoms with Crippen molar-refractivity contribution in [3.63, 3.8) is 0 Å². The standard InChI is InChI=1S/C15H23N7S/c1-9-4-6-22(7-5-9)15-20-12(19-14(17-3)21-15)11(16)13-18-10(2)8-23-13/h8-9,18H,4-7,16H2,1-3H3,(H,17,19,20,21)/b13-11+. The molecule has 23 heavy (non-hydrogen) atoms. The van der Waals surface area contributed by atoms with Crippen LogP contribution >= 0.6 is 11.8 Å². The lowest BCUT2D eigenvalue weighted by Gasteiger charge is -2.30. The Morgan fingerprint density at radius 3 is 2.70 bits per heavy atom. The van der Waals surface area contributed by atoms with E-state index < -0.39 is 0 Å². The molecule has 0 atom stereocenters. The average Bonchev–Trinajstić information content (AvgIpc) is 3.00. The lowest BCUT2D eigenvalue weighted by Crippen LogP contribution is -2.34. The number of piperidine rings is 1. The first-order valence-corrected chi connectivity index (χ1v) is 8.74. The Bertz CT molecular complexity index is 647. The predicted octanol–water partition coefficient (Wildman–Crippen LogP) is 1.93. The average molecular weight is 333 g/mol. The number of hydrogen-bond acceptors (Lipinski definition) is 8. The molecule has 0 radical (unpaired) electrons. The van der Waals surface area contributed by atoms with Crippen molar-refractivity contribution in [1.82, 2.24) is 20.3 Å². The zero-order chi connectivity index (χ0) is 16.4. The van der Waals surface area contributed by atoms with Crippen LogP contribution in [0.2, 0.25) is 0 Å². The Labute approximate surface area is 140 Å². The minimum absolute atomic E-state index is 0.510. The van der Waals surface area contributed by atoms with Crippen LogP contribution in [0.5, 0.6) is 0 Å². The van der Waals surface area contributed by atoms with E-state index in [2.05, 4.69) is 37.4 Å². The molecule has 1 saturated heterocycles. The number of allylic oxidation sites excluding steroid dienone is 1. The third-order valence-corrected chi connectivity index (χ3v) is 5.09. The largest absolute Gasteiger partial charge is 0.394 e. The quantitative estimate of drug-likeness (QED) is 0.773. The molecule has 3 heterocycles. The molecule has 0 aromatic carbocycles. The van der Waals surface area contributed by atoms with Crippen molar-refractivity contribution < 1.29 is 0 Å². The first kappa shape index (κ1) is 15.9. The van der Waals surface area contributed by atoms with Crippen LogP contribution in [0.25, 0.3) is 5.70 Å². The van der Waals surface area contributed by atoms with E-state index in [-0.39, 0.29) is 0 Å². The van der Waals surface area contributed by atoms with Crippen molar-refractivity contribution in [2.45, 2.75) is 26.7 Å². The smallest absolute Gasteiger partial charge is 0.230 e. The molecule has 3 rings (SSSR count). The van der Waals surface area contributed by atoms with Crippen molar-refractivity contribution in [3.05, 3.63) is 22.0 Å². The highest BCUT2D eigenvalue weighted by atomic mass is 32.2. The van der Waals surface area contributed by atoms with Gasteiger partial charge in [0.05, 0.1) is 0 Å². The summed E-state index contributed by atoms with van der Waals surface area (Å²) in [5, 5.41) is 9.13. The Hall–Kier alpha value is -1.96. The third kappa shape index (κ3) is 3.52. The second-order valence-electron chi connectivity index (χ2n) is 5.99. The molecule has 0 spiro atoms. The van der Waals surface area contributed by atoms with Crippen molar-refractivity contribution in [2.75, 3.05) is 30.4 Å². The van der Waals surface area contributed by atoms with E-state index in [1.807, 2.05) is 12.3 Å². The molecule has 0 bridgehead atoms. The lowest BCUT2D eigenvalue weighted by atomic mass is 10.00. The number of anilines is 2. The summed E-state index contributed by atoms with van der Waals surface area (Å²) in [5.74, 6) is 2.51. The second kappa shape index (κ2) is 6.66. The van der Waals surface area contributed by atoms with Gasteiger partial charge in [0.2, 0.25) is 11.9 Å². The number of hydrogen-bond donors (Lipinski definition) is 3. The molecule has 1 aromatic heterocycles. The Morgan fingerprint density at radius 2 is 2.09 bits per heavy atom. The first-order chi connectivity index (χ1) is 11.1. The van der Waals surface area contributed by atoms with Gasteiger partial charge in [-0.1, -0.05) is 18.7 Å². The lowest BCUT2D eigenvalue weighted by molar-refractivity contribution is 0.434. The molecule has 2 aliphatic heterocycles. The fourth-order valence-electron chi connectivity index (χ4n) is 2.56. The van der Waals surface area contributed by atoms with Gasteiger partial charge in [-0.2, -0.15) is 15.0 Å². The minimum atomic E-state index is 0.510. The molecule has 0 saturated carbocycles. The fourth-order valence-corrected chi connectivity index (χ4v) is 3.36. The Balaban J connectivity index is 1.90. The van der Waals surface area contributed by atoms with E-state index in [0.717, 1.165) is 42.6 Å². The molecule has 4 N–H and O–H groups in total. The number of rotatable bonds is 3. The molecule has 1 aromatic rings. The zero-order valence-corrected chi connectivity index (χ0v) is 14.6. The van der Waals surface area contributed by atoms with Gasteiger partial charge in [0.1, 0.15) is 10.7 Å². The molecule has 0 amide bonds. The van der Waals surface area contributed by atoms with Crippen LogP contribution in [0.3, 0.4) is 0 Å². The van der Waals surface area contributed by atoms with Crippen LogP contribution in [0.4, 0.5) is 11.9 Å². The molecule has 8 heteroatoms. The van der Waals surface area contributed by atoms with Crippen LogP contribution in [-0.4, -0.2) is 35.1 Å². The van der Waals surface area contributed by atoms with Crippen molar-refractivity contribution in [2.24, 2.45) is 11.7 Å². The highest BCUT2D eigenvalue weighted by Gasteiger charge is 2.21. The summed E-state index contributed by atoms with van der Waals surface area (Å²) < 4.78 is 0. The highest BCUT2D eigenvalue weighted by molar-refractivity contribution is 8.06. The van der Waals surface area contributed by atoms with E-state index in [9.17, 15) is 0 Å². The summed E-state index contributed by atoms with van der Waals surface area (Å²) in [4.78, 5) is 15.7. The number of thioether (sulfide) groups is 1. The number of nitrogens with two attached hydrogens (primary N) is 1. The maximum atomic E-state index is 6.27. The molecular formula is C15H23N7S.